The molecule has 0 bridgehead atoms. The average molecular weight is 254 g/mol. The minimum Gasteiger partial charge on any atom is -0.298 e. The molecule has 1 nitrogen and oxygen atoms in total. The summed E-state index contributed by atoms with van der Waals surface area (Å²) in [6.45, 7) is 0. The van der Waals surface area contributed by atoms with Gasteiger partial charge in [-0.15, -0.1) is 0 Å². The number of benzene rings is 2. The van der Waals surface area contributed by atoms with Crippen molar-refractivity contribution in [2.45, 2.75) is 0 Å². The molecule has 0 amide bonds. The van der Waals surface area contributed by atoms with Crippen LogP contribution in [0, 0.1) is 23.3 Å². The summed E-state index contributed by atoms with van der Waals surface area (Å²) in [5, 5.41) is 0. The van der Waals surface area contributed by atoms with Crippen molar-refractivity contribution in [3.63, 3.8) is 0 Å². The zero-order valence-corrected chi connectivity index (χ0v) is 8.88. The summed E-state index contributed by atoms with van der Waals surface area (Å²) in [5.74, 6) is -4.27. The molecule has 0 aliphatic heterocycles. The molecule has 2 rings (SSSR count). The van der Waals surface area contributed by atoms with E-state index < -0.39 is 23.3 Å². The molecule has 0 N–H and O–H groups in total. The Morgan fingerprint density at radius 3 is 2.11 bits per heavy atom. The van der Waals surface area contributed by atoms with Gasteiger partial charge < -0.3 is 0 Å². The van der Waals surface area contributed by atoms with E-state index in [1.807, 2.05) is 0 Å². The summed E-state index contributed by atoms with van der Waals surface area (Å²) in [7, 11) is 0. The highest BCUT2D eigenvalue weighted by molar-refractivity contribution is 5.87. The highest BCUT2D eigenvalue weighted by Gasteiger charge is 2.14. The van der Waals surface area contributed by atoms with E-state index >= 15 is 0 Å². The molecule has 0 unspecified atom stereocenters. The van der Waals surface area contributed by atoms with Crippen LogP contribution in [0.5, 0.6) is 0 Å². The van der Waals surface area contributed by atoms with Crippen molar-refractivity contribution in [2.75, 3.05) is 0 Å². The van der Waals surface area contributed by atoms with Gasteiger partial charge in [0.25, 0.3) is 0 Å². The van der Waals surface area contributed by atoms with Gasteiger partial charge in [-0.3, -0.25) is 4.79 Å². The molecule has 0 heterocycles. The number of hydrogen-bond donors (Lipinski definition) is 0. The third-order valence-corrected chi connectivity index (χ3v) is 2.44. The summed E-state index contributed by atoms with van der Waals surface area (Å²) < 4.78 is 52.3. The van der Waals surface area contributed by atoms with Crippen LogP contribution in [-0.4, -0.2) is 6.29 Å². The second-order valence-corrected chi connectivity index (χ2v) is 3.60. The van der Waals surface area contributed by atoms with Crippen LogP contribution in [0.1, 0.15) is 10.4 Å². The first-order valence-electron chi connectivity index (χ1n) is 4.92. The Balaban J connectivity index is 2.69. The summed E-state index contributed by atoms with van der Waals surface area (Å²) in [6.07, 6.45) is 0.319. The molecular formula is C13H6F4O. The van der Waals surface area contributed by atoms with E-state index in [4.69, 9.17) is 0 Å². The van der Waals surface area contributed by atoms with Crippen LogP contribution < -0.4 is 0 Å². The molecule has 0 aromatic heterocycles. The first-order valence-corrected chi connectivity index (χ1v) is 4.92. The van der Waals surface area contributed by atoms with Gasteiger partial charge in [0.05, 0.1) is 0 Å². The number of rotatable bonds is 2. The van der Waals surface area contributed by atoms with Crippen LogP contribution in [0.4, 0.5) is 17.6 Å². The van der Waals surface area contributed by atoms with Crippen LogP contribution in [0.25, 0.3) is 11.1 Å². The van der Waals surface area contributed by atoms with Gasteiger partial charge in [-0.1, -0.05) is 6.07 Å². The van der Waals surface area contributed by atoms with Crippen LogP contribution in [0.15, 0.2) is 30.3 Å². The predicted octanol–water partition coefficient (Wildman–Crippen LogP) is 3.72. The molecule has 0 radical (unpaired) electrons. The zero-order chi connectivity index (χ0) is 13.3. The lowest BCUT2D eigenvalue weighted by Crippen LogP contribution is -1.95. The van der Waals surface area contributed by atoms with E-state index in [0.29, 0.717) is 18.4 Å². The Bertz CT molecular complexity index is 623. The maximum Gasteiger partial charge on any atom is 0.161 e. The van der Waals surface area contributed by atoms with E-state index in [2.05, 4.69) is 0 Å². The molecule has 0 fully saturated rings. The van der Waals surface area contributed by atoms with Gasteiger partial charge in [0.1, 0.15) is 11.6 Å². The van der Waals surface area contributed by atoms with Gasteiger partial charge in [-0.25, -0.2) is 17.6 Å². The van der Waals surface area contributed by atoms with E-state index in [0.717, 1.165) is 18.2 Å². The van der Waals surface area contributed by atoms with Crippen LogP contribution in [0.2, 0.25) is 0 Å². The molecule has 0 aliphatic rings. The Morgan fingerprint density at radius 2 is 1.44 bits per heavy atom. The number of aldehydes is 1. The van der Waals surface area contributed by atoms with E-state index in [-0.39, 0.29) is 16.7 Å². The van der Waals surface area contributed by atoms with Crippen molar-refractivity contribution in [1.29, 1.82) is 0 Å². The molecule has 2 aromatic carbocycles. The maximum absolute atomic E-state index is 13.5. The molecule has 0 saturated carbocycles. The van der Waals surface area contributed by atoms with Crippen molar-refractivity contribution in [2.24, 2.45) is 0 Å². The van der Waals surface area contributed by atoms with Gasteiger partial charge in [-0.05, 0) is 23.8 Å². The highest BCUT2D eigenvalue weighted by Crippen LogP contribution is 2.28. The first-order chi connectivity index (χ1) is 8.52. The average Bonchev–Trinajstić information content (AvgIpc) is 2.34. The third kappa shape index (κ3) is 2.11. The topological polar surface area (TPSA) is 17.1 Å². The van der Waals surface area contributed by atoms with E-state index in [1.54, 1.807) is 0 Å². The van der Waals surface area contributed by atoms with Gasteiger partial charge in [-0.2, -0.15) is 0 Å². The SMILES string of the molecule is O=Cc1cc(F)ccc1-c1cc(F)c(F)cc1F. The monoisotopic (exact) mass is 254 g/mol. The largest absolute Gasteiger partial charge is 0.298 e. The van der Waals surface area contributed by atoms with Gasteiger partial charge in [0.2, 0.25) is 0 Å². The summed E-state index contributed by atoms with van der Waals surface area (Å²) >= 11 is 0. The molecule has 92 valence electrons. The summed E-state index contributed by atoms with van der Waals surface area (Å²) in [4.78, 5) is 10.8. The third-order valence-electron chi connectivity index (χ3n) is 2.44. The summed E-state index contributed by atoms with van der Waals surface area (Å²) in [6, 6.07) is 4.04. The molecule has 5 heteroatoms. The molecular weight excluding hydrogens is 248 g/mol. The smallest absolute Gasteiger partial charge is 0.161 e. The molecule has 18 heavy (non-hydrogen) atoms. The maximum atomic E-state index is 13.5. The highest BCUT2D eigenvalue weighted by atomic mass is 19.2. The van der Waals surface area contributed by atoms with Gasteiger partial charge >= 0.3 is 0 Å². The summed E-state index contributed by atoms with van der Waals surface area (Å²) in [5.41, 5.74) is -0.432. The fourth-order valence-electron chi connectivity index (χ4n) is 1.61. The van der Waals surface area contributed by atoms with Crippen LogP contribution >= 0.6 is 0 Å². The van der Waals surface area contributed by atoms with Crippen molar-refractivity contribution < 1.29 is 22.4 Å². The zero-order valence-electron chi connectivity index (χ0n) is 8.88. The molecule has 0 atom stereocenters. The number of carbonyl (C=O) groups is 1. The lowest BCUT2D eigenvalue weighted by molar-refractivity contribution is 0.112. The van der Waals surface area contributed by atoms with E-state index in [9.17, 15) is 22.4 Å². The fraction of sp³-hybridized carbons (Fsp3) is 0. The number of carbonyl (C=O) groups excluding carboxylic acids is 1. The lowest BCUT2D eigenvalue weighted by atomic mass is 9.99. The molecule has 0 aliphatic carbocycles. The fourth-order valence-corrected chi connectivity index (χ4v) is 1.61. The quantitative estimate of drug-likeness (QED) is 0.453. The lowest BCUT2D eigenvalue weighted by Gasteiger charge is -2.07. The van der Waals surface area contributed by atoms with Crippen LogP contribution in [-0.2, 0) is 0 Å². The minimum atomic E-state index is -1.33. The Morgan fingerprint density at radius 1 is 0.778 bits per heavy atom. The normalized spacial score (nSPS) is 10.4. The second-order valence-electron chi connectivity index (χ2n) is 3.60. The second kappa shape index (κ2) is 4.60. The van der Waals surface area contributed by atoms with Crippen molar-refractivity contribution >= 4 is 6.29 Å². The Kier molecular flexibility index (Phi) is 3.14. The van der Waals surface area contributed by atoms with Gasteiger partial charge in [0.15, 0.2) is 17.9 Å². The number of hydrogen-bond acceptors (Lipinski definition) is 1. The number of halogens is 4. The Hall–Kier alpha value is -2.17. The van der Waals surface area contributed by atoms with E-state index in [1.165, 1.54) is 0 Å². The van der Waals surface area contributed by atoms with Crippen LogP contribution in [0.3, 0.4) is 0 Å². The first kappa shape index (κ1) is 12.3. The standard InChI is InChI=1S/C13H6F4O/c14-8-1-2-9(7(3-8)6-18)10-4-12(16)13(17)5-11(10)15/h1-6H. The van der Waals surface area contributed by atoms with Crippen molar-refractivity contribution in [3.05, 3.63) is 59.2 Å². The molecule has 0 saturated heterocycles. The van der Waals surface area contributed by atoms with Gasteiger partial charge in [0, 0.05) is 17.2 Å². The van der Waals surface area contributed by atoms with Crippen molar-refractivity contribution in [3.8, 4) is 11.1 Å². The molecule has 0 spiro atoms. The minimum absolute atomic E-state index is 0.00259. The molecule has 2 aromatic rings. The van der Waals surface area contributed by atoms with Crippen molar-refractivity contribution in [1.82, 2.24) is 0 Å². The Labute approximate surface area is 99.7 Å². The predicted molar refractivity (Wildman–Crippen MR) is 57.1 cm³/mol.